The van der Waals surface area contributed by atoms with E-state index in [4.69, 9.17) is 10.7 Å². The molecule has 1 heterocycles. The lowest BCUT2D eigenvalue weighted by Gasteiger charge is -2.22. The fourth-order valence-electron chi connectivity index (χ4n) is 2.21. The molecule has 1 fully saturated rings. The van der Waals surface area contributed by atoms with Gasteiger partial charge in [0.25, 0.3) is 15.0 Å². The van der Waals surface area contributed by atoms with Crippen molar-refractivity contribution in [2.45, 2.75) is 30.7 Å². The monoisotopic (exact) mass is 365 g/mol. The van der Waals surface area contributed by atoms with Crippen LogP contribution in [0.25, 0.3) is 0 Å². The maximum Gasteiger partial charge on any atom is 0.261 e. The number of carbonyl (C=O) groups excluding carboxylic acids is 1. The summed E-state index contributed by atoms with van der Waals surface area (Å²) in [7, 11) is 1.48. The van der Waals surface area contributed by atoms with Crippen LogP contribution < -0.4 is 0 Å². The molecule has 0 aliphatic carbocycles. The summed E-state index contributed by atoms with van der Waals surface area (Å²) in [6, 6.07) is 4.40. The fourth-order valence-corrected chi connectivity index (χ4v) is 3.40. The Labute approximate surface area is 125 Å². The molecular weight excluding hydrogens is 354 g/mol. The van der Waals surface area contributed by atoms with Gasteiger partial charge in [-0.05, 0) is 53.9 Å². The molecule has 7 heteroatoms. The molecule has 1 aromatic carbocycles. The maximum absolute atomic E-state index is 12.4. The Morgan fingerprint density at radius 1 is 1.47 bits per heavy atom. The second kappa shape index (κ2) is 5.42. The Bertz CT molecular complexity index is 617. The van der Waals surface area contributed by atoms with Crippen LogP contribution in [0.3, 0.4) is 0 Å². The molecule has 1 aliphatic heterocycles. The van der Waals surface area contributed by atoms with Crippen LogP contribution in [0, 0.1) is 0 Å². The molecule has 0 radical (unpaired) electrons. The van der Waals surface area contributed by atoms with Gasteiger partial charge in [0.05, 0.1) is 10.5 Å². The minimum Gasteiger partial charge on any atom is -0.336 e. The Balaban J connectivity index is 2.41. The third-order valence-corrected chi connectivity index (χ3v) is 5.31. The van der Waals surface area contributed by atoms with E-state index in [9.17, 15) is 13.2 Å². The van der Waals surface area contributed by atoms with Gasteiger partial charge in [0.1, 0.15) is 0 Å². The molecule has 1 atom stereocenters. The molecule has 0 bridgehead atoms. The van der Waals surface area contributed by atoms with Crippen LogP contribution in [0.15, 0.2) is 27.6 Å². The van der Waals surface area contributed by atoms with Gasteiger partial charge in [-0.3, -0.25) is 4.79 Å². The van der Waals surface area contributed by atoms with Crippen molar-refractivity contribution in [3.05, 3.63) is 28.2 Å². The summed E-state index contributed by atoms with van der Waals surface area (Å²) in [5.41, 5.74) is 0.329. The molecule has 19 heavy (non-hydrogen) atoms. The van der Waals surface area contributed by atoms with Crippen molar-refractivity contribution in [2.75, 3.05) is 6.54 Å². The van der Waals surface area contributed by atoms with Crippen LogP contribution in [0.2, 0.25) is 0 Å². The SMILES string of the molecule is CC1CCCN1C(=O)c1cc(S(=O)(=O)Cl)ccc1Br. The van der Waals surface area contributed by atoms with Crippen molar-refractivity contribution < 1.29 is 13.2 Å². The molecule has 0 aromatic heterocycles. The molecule has 4 nitrogen and oxygen atoms in total. The van der Waals surface area contributed by atoms with E-state index in [0.29, 0.717) is 16.6 Å². The number of nitrogens with zero attached hydrogens (tertiary/aromatic N) is 1. The summed E-state index contributed by atoms with van der Waals surface area (Å²) < 4.78 is 23.2. The Hall–Kier alpha value is -0.590. The number of carbonyl (C=O) groups is 1. The van der Waals surface area contributed by atoms with E-state index in [2.05, 4.69) is 15.9 Å². The predicted octanol–water partition coefficient (Wildman–Crippen LogP) is 3.00. The minimum absolute atomic E-state index is 0.0624. The Morgan fingerprint density at radius 2 is 2.16 bits per heavy atom. The van der Waals surface area contributed by atoms with Crippen molar-refractivity contribution in [3.63, 3.8) is 0 Å². The van der Waals surface area contributed by atoms with Crippen LogP contribution in [0.4, 0.5) is 0 Å². The van der Waals surface area contributed by atoms with Gasteiger partial charge in [-0.25, -0.2) is 8.42 Å². The van der Waals surface area contributed by atoms with Crippen LogP contribution in [-0.4, -0.2) is 31.8 Å². The molecule has 1 aromatic rings. The predicted molar refractivity (Wildman–Crippen MR) is 76.9 cm³/mol. The third-order valence-electron chi connectivity index (χ3n) is 3.26. The van der Waals surface area contributed by atoms with E-state index in [-0.39, 0.29) is 16.8 Å². The third kappa shape index (κ3) is 3.12. The second-order valence-corrected chi connectivity index (χ2v) is 7.99. The first kappa shape index (κ1) is 14.8. The van der Waals surface area contributed by atoms with Crippen LogP contribution in [-0.2, 0) is 9.05 Å². The molecule has 0 saturated carbocycles. The zero-order valence-corrected chi connectivity index (χ0v) is 13.4. The second-order valence-electron chi connectivity index (χ2n) is 4.57. The van der Waals surface area contributed by atoms with E-state index >= 15 is 0 Å². The maximum atomic E-state index is 12.4. The highest BCUT2D eigenvalue weighted by Crippen LogP contribution is 2.27. The number of benzene rings is 1. The van der Waals surface area contributed by atoms with E-state index in [1.807, 2.05) is 6.92 Å². The van der Waals surface area contributed by atoms with Crippen molar-refractivity contribution in [1.29, 1.82) is 0 Å². The lowest BCUT2D eigenvalue weighted by molar-refractivity contribution is 0.0746. The average Bonchev–Trinajstić information content (AvgIpc) is 2.73. The molecule has 1 amide bonds. The number of likely N-dealkylation sites (tertiary alicyclic amines) is 1. The molecule has 1 saturated heterocycles. The average molecular weight is 367 g/mol. The molecular formula is C12H13BrClNO3S. The highest BCUT2D eigenvalue weighted by molar-refractivity contribution is 9.10. The van der Waals surface area contributed by atoms with Gasteiger partial charge >= 0.3 is 0 Å². The zero-order valence-electron chi connectivity index (χ0n) is 10.3. The van der Waals surface area contributed by atoms with E-state index < -0.39 is 9.05 Å². The first-order chi connectivity index (χ1) is 8.80. The van der Waals surface area contributed by atoms with Gasteiger partial charge in [0.15, 0.2) is 0 Å². The fraction of sp³-hybridized carbons (Fsp3) is 0.417. The van der Waals surface area contributed by atoms with Crippen LogP contribution in [0.1, 0.15) is 30.1 Å². The van der Waals surface area contributed by atoms with Gasteiger partial charge in [0.2, 0.25) is 0 Å². The van der Waals surface area contributed by atoms with Crippen molar-refractivity contribution in [1.82, 2.24) is 4.90 Å². The van der Waals surface area contributed by atoms with Gasteiger partial charge in [-0.15, -0.1) is 0 Å². The summed E-state index contributed by atoms with van der Waals surface area (Å²) >= 11 is 3.28. The first-order valence-electron chi connectivity index (χ1n) is 5.86. The first-order valence-corrected chi connectivity index (χ1v) is 8.96. The highest BCUT2D eigenvalue weighted by Gasteiger charge is 2.28. The minimum atomic E-state index is -3.83. The number of hydrogen-bond acceptors (Lipinski definition) is 3. The molecule has 2 rings (SSSR count). The normalized spacial score (nSPS) is 19.7. The number of rotatable bonds is 2. The Morgan fingerprint density at radius 3 is 2.68 bits per heavy atom. The quantitative estimate of drug-likeness (QED) is 0.756. The molecule has 0 N–H and O–H groups in total. The van der Waals surface area contributed by atoms with Gasteiger partial charge in [-0.1, -0.05) is 0 Å². The van der Waals surface area contributed by atoms with Gasteiger partial charge in [0, 0.05) is 27.7 Å². The summed E-state index contributed by atoms with van der Waals surface area (Å²) in [5.74, 6) is -0.168. The largest absolute Gasteiger partial charge is 0.336 e. The topological polar surface area (TPSA) is 54.5 Å². The van der Waals surface area contributed by atoms with E-state index in [0.717, 1.165) is 12.8 Å². The zero-order chi connectivity index (χ0) is 14.2. The molecule has 1 aliphatic rings. The Kier molecular flexibility index (Phi) is 4.23. The van der Waals surface area contributed by atoms with Gasteiger partial charge < -0.3 is 4.90 Å². The molecule has 1 unspecified atom stereocenters. The lowest BCUT2D eigenvalue weighted by atomic mass is 10.2. The molecule has 0 spiro atoms. The summed E-state index contributed by atoms with van der Waals surface area (Å²) in [5, 5.41) is 0. The lowest BCUT2D eigenvalue weighted by Crippen LogP contribution is -2.33. The summed E-state index contributed by atoms with van der Waals surface area (Å²) in [6.07, 6.45) is 1.94. The molecule has 104 valence electrons. The van der Waals surface area contributed by atoms with Crippen LogP contribution >= 0.6 is 26.6 Å². The van der Waals surface area contributed by atoms with E-state index in [1.165, 1.54) is 18.2 Å². The number of hydrogen-bond donors (Lipinski definition) is 0. The standard InChI is InChI=1S/C12H13BrClNO3S/c1-8-3-2-6-15(8)12(16)10-7-9(19(14,17)18)4-5-11(10)13/h4-5,7-8H,2-3,6H2,1H3. The summed E-state index contributed by atoms with van der Waals surface area (Å²) in [4.78, 5) is 14.1. The van der Waals surface area contributed by atoms with Crippen molar-refractivity contribution in [2.24, 2.45) is 0 Å². The van der Waals surface area contributed by atoms with E-state index in [1.54, 1.807) is 4.90 Å². The van der Waals surface area contributed by atoms with Crippen LogP contribution in [0.5, 0.6) is 0 Å². The van der Waals surface area contributed by atoms with Gasteiger partial charge in [-0.2, -0.15) is 0 Å². The number of halogens is 2. The smallest absolute Gasteiger partial charge is 0.261 e. The van der Waals surface area contributed by atoms with Crippen molar-refractivity contribution in [3.8, 4) is 0 Å². The number of amides is 1. The highest BCUT2D eigenvalue weighted by atomic mass is 79.9. The van der Waals surface area contributed by atoms with Crippen molar-refractivity contribution >= 4 is 41.6 Å². The summed E-state index contributed by atoms with van der Waals surface area (Å²) in [6.45, 7) is 2.69.